The van der Waals surface area contributed by atoms with Gasteiger partial charge in [0.05, 0.1) is 12.0 Å². The predicted octanol–water partition coefficient (Wildman–Crippen LogP) is 5.16. The van der Waals surface area contributed by atoms with Gasteiger partial charge in [-0.15, -0.1) is 0 Å². The normalized spacial score (nSPS) is 14.6. The summed E-state index contributed by atoms with van der Waals surface area (Å²) < 4.78 is 10.7. The Balaban J connectivity index is 1.78. The number of nitrogens with one attached hydrogen (secondary N) is 1. The number of rotatable bonds is 10. The molecule has 0 heterocycles. The number of methoxy groups -OCH3 is 1. The smallest absolute Gasteiger partial charge is 0.311 e. The number of nitrogens with zero attached hydrogens (tertiary/aromatic N) is 2. The van der Waals surface area contributed by atoms with E-state index in [0.717, 1.165) is 32.1 Å². The first-order valence-corrected chi connectivity index (χ1v) is 12.4. The predicted molar refractivity (Wildman–Crippen MR) is 137 cm³/mol. The quantitative estimate of drug-likeness (QED) is 0.331. The Morgan fingerprint density at radius 1 is 1.17 bits per heavy atom. The van der Waals surface area contributed by atoms with Crippen LogP contribution in [-0.2, 0) is 16.1 Å². The Morgan fingerprint density at radius 3 is 2.44 bits per heavy atom. The van der Waals surface area contributed by atoms with Crippen LogP contribution in [0.4, 0.5) is 5.69 Å². The van der Waals surface area contributed by atoms with Crippen molar-refractivity contribution in [1.82, 2.24) is 10.2 Å². The van der Waals surface area contributed by atoms with Crippen molar-refractivity contribution < 1.29 is 24.0 Å². The molecule has 0 aliphatic heterocycles. The topological polar surface area (TPSA) is 111 Å². The second-order valence-electron chi connectivity index (χ2n) is 8.62. The van der Waals surface area contributed by atoms with E-state index in [2.05, 4.69) is 5.32 Å². The molecule has 3 rings (SSSR count). The van der Waals surface area contributed by atoms with E-state index in [-0.39, 0.29) is 35.7 Å². The van der Waals surface area contributed by atoms with Gasteiger partial charge in [-0.05, 0) is 38.0 Å². The molecule has 9 nitrogen and oxygen atoms in total. The molecule has 1 aliphatic carbocycles. The summed E-state index contributed by atoms with van der Waals surface area (Å²) in [5, 5.41) is 14.9. The molecule has 0 saturated heterocycles. The molecule has 2 amide bonds. The van der Waals surface area contributed by atoms with Crippen molar-refractivity contribution in [3.05, 3.63) is 62.1 Å². The molecule has 1 atom stereocenters. The zero-order chi connectivity index (χ0) is 26.2. The van der Waals surface area contributed by atoms with Gasteiger partial charge in [0.25, 0.3) is 5.91 Å². The van der Waals surface area contributed by atoms with Gasteiger partial charge >= 0.3 is 5.69 Å². The van der Waals surface area contributed by atoms with Crippen LogP contribution in [0.1, 0.15) is 44.6 Å². The van der Waals surface area contributed by atoms with Crippen LogP contribution in [0.25, 0.3) is 0 Å². The largest absolute Gasteiger partial charge is 0.490 e. The molecule has 0 aromatic heterocycles. The van der Waals surface area contributed by atoms with Crippen LogP contribution < -0.4 is 14.8 Å². The summed E-state index contributed by atoms with van der Waals surface area (Å²) in [6.07, 6.45) is 5.09. The van der Waals surface area contributed by atoms with Crippen LogP contribution in [0.3, 0.4) is 0 Å². The summed E-state index contributed by atoms with van der Waals surface area (Å²) in [5.74, 6) is -0.532. The van der Waals surface area contributed by atoms with Crippen molar-refractivity contribution >= 4 is 40.7 Å². The average molecular weight is 538 g/mol. The molecule has 0 spiro atoms. The third kappa shape index (κ3) is 7.01. The summed E-state index contributed by atoms with van der Waals surface area (Å²) in [4.78, 5) is 38.3. The van der Waals surface area contributed by atoms with Crippen molar-refractivity contribution in [2.24, 2.45) is 0 Å². The fraction of sp³-hybridized carbons (Fsp3) is 0.440. The molecule has 1 aliphatic rings. The standard InChI is InChI=1S/C25H29Cl2N3O6/c1-16(25(32)28-17-7-4-3-5-8-17)29(14-19-20(26)9-6-10-21(19)27)24(31)15-36-18-11-12-22(30(33)34)23(13-18)35-2/h6,9-13,16-17H,3-5,7-8,14-15H2,1-2H3,(H,28,32)/t16-/m1/s1. The summed E-state index contributed by atoms with van der Waals surface area (Å²) in [6.45, 7) is 1.24. The molecular weight excluding hydrogens is 509 g/mol. The first-order chi connectivity index (χ1) is 17.2. The van der Waals surface area contributed by atoms with Gasteiger partial charge in [0.1, 0.15) is 11.8 Å². The zero-order valence-corrected chi connectivity index (χ0v) is 21.7. The summed E-state index contributed by atoms with van der Waals surface area (Å²) in [6, 6.07) is 8.24. The second kappa shape index (κ2) is 12.8. The molecule has 36 heavy (non-hydrogen) atoms. The van der Waals surface area contributed by atoms with E-state index < -0.39 is 23.5 Å². The lowest BCUT2D eigenvalue weighted by molar-refractivity contribution is -0.385. The Bertz CT molecular complexity index is 1090. The first-order valence-electron chi connectivity index (χ1n) is 11.7. The van der Waals surface area contributed by atoms with Gasteiger partial charge < -0.3 is 19.7 Å². The molecular formula is C25H29Cl2N3O6. The number of ether oxygens (including phenoxy) is 2. The SMILES string of the molecule is COc1cc(OCC(=O)N(Cc2c(Cl)cccc2Cl)[C@H](C)C(=O)NC2CCCCC2)ccc1[N+](=O)[O-]. The van der Waals surface area contributed by atoms with Crippen LogP contribution in [0, 0.1) is 10.1 Å². The van der Waals surface area contributed by atoms with Crippen molar-refractivity contribution in [3.8, 4) is 11.5 Å². The van der Waals surface area contributed by atoms with E-state index in [0.29, 0.717) is 15.6 Å². The Morgan fingerprint density at radius 2 is 1.83 bits per heavy atom. The molecule has 0 unspecified atom stereocenters. The highest BCUT2D eigenvalue weighted by atomic mass is 35.5. The van der Waals surface area contributed by atoms with Crippen LogP contribution in [0.2, 0.25) is 10.0 Å². The highest BCUT2D eigenvalue weighted by Crippen LogP contribution is 2.31. The minimum Gasteiger partial charge on any atom is -0.490 e. The third-order valence-electron chi connectivity index (χ3n) is 6.22. The molecule has 194 valence electrons. The molecule has 1 saturated carbocycles. The minimum absolute atomic E-state index is 0.00351. The van der Waals surface area contributed by atoms with Gasteiger partial charge in [0.15, 0.2) is 6.61 Å². The monoisotopic (exact) mass is 537 g/mol. The number of hydrogen-bond acceptors (Lipinski definition) is 6. The van der Waals surface area contributed by atoms with Crippen LogP contribution in [0.5, 0.6) is 11.5 Å². The van der Waals surface area contributed by atoms with Gasteiger partial charge in [-0.3, -0.25) is 19.7 Å². The van der Waals surface area contributed by atoms with Crippen molar-refractivity contribution in [3.63, 3.8) is 0 Å². The Hall–Kier alpha value is -3.04. The lowest BCUT2D eigenvalue weighted by atomic mass is 9.95. The van der Waals surface area contributed by atoms with E-state index in [1.54, 1.807) is 25.1 Å². The van der Waals surface area contributed by atoms with E-state index in [1.165, 1.54) is 30.2 Å². The summed E-state index contributed by atoms with van der Waals surface area (Å²) in [5.41, 5.74) is 0.294. The minimum atomic E-state index is -0.818. The summed E-state index contributed by atoms with van der Waals surface area (Å²) in [7, 11) is 1.30. The number of nitro benzene ring substituents is 1. The van der Waals surface area contributed by atoms with Gasteiger partial charge in [0, 0.05) is 40.3 Å². The van der Waals surface area contributed by atoms with Crippen LogP contribution in [-0.4, -0.2) is 47.4 Å². The maximum atomic E-state index is 13.3. The number of carbonyl (C=O) groups excluding carboxylic acids is 2. The molecule has 0 bridgehead atoms. The van der Waals surface area contributed by atoms with Gasteiger partial charge in [-0.2, -0.15) is 0 Å². The lowest BCUT2D eigenvalue weighted by Crippen LogP contribution is -2.51. The molecule has 11 heteroatoms. The molecule has 1 N–H and O–H groups in total. The van der Waals surface area contributed by atoms with Crippen LogP contribution >= 0.6 is 23.2 Å². The number of nitro groups is 1. The van der Waals surface area contributed by atoms with Crippen molar-refractivity contribution in [1.29, 1.82) is 0 Å². The van der Waals surface area contributed by atoms with E-state index in [1.807, 2.05) is 0 Å². The zero-order valence-electron chi connectivity index (χ0n) is 20.2. The maximum Gasteiger partial charge on any atom is 0.311 e. The number of hydrogen-bond donors (Lipinski definition) is 1. The van der Waals surface area contributed by atoms with Gasteiger partial charge in [0.2, 0.25) is 11.7 Å². The van der Waals surface area contributed by atoms with Crippen molar-refractivity contribution in [2.75, 3.05) is 13.7 Å². The van der Waals surface area contributed by atoms with Crippen molar-refractivity contribution in [2.45, 2.75) is 57.7 Å². The van der Waals surface area contributed by atoms with E-state index >= 15 is 0 Å². The number of amides is 2. The molecule has 2 aromatic rings. The van der Waals surface area contributed by atoms with E-state index in [4.69, 9.17) is 32.7 Å². The fourth-order valence-electron chi connectivity index (χ4n) is 4.13. The highest BCUT2D eigenvalue weighted by molar-refractivity contribution is 6.36. The van der Waals surface area contributed by atoms with Gasteiger partial charge in [-0.25, -0.2) is 0 Å². The molecule has 1 fully saturated rings. The number of benzene rings is 2. The third-order valence-corrected chi connectivity index (χ3v) is 6.93. The second-order valence-corrected chi connectivity index (χ2v) is 9.44. The molecule has 2 aromatic carbocycles. The fourth-order valence-corrected chi connectivity index (χ4v) is 4.65. The van der Waals surface area contributed by atoms with E-state index in [9.17, 15) is 19.7 Å². The van der Waals surface area contributed by atoms with Crippen LogP contribution in [0.15, 0.2) is 36.4 Å². The summed E-state index contributed by atoms with van der Waals surface area (Å²) >= 11 is 12.7. The maximum absolute atomic E-state index is 13.3. The van der Waals surface area contributed by atoms with Gasteiger partial charge in [-0.1, -0.05) is 48.5 Å². The molecule has 0 radical (unpaired) electrons. The lowest BCUT2D eigenvalue weighted by Gasteiger charge is -2.31. The Kier molecular flexibility index (Phi) is 9.78. The highest BCUT2D eigenvalue weighted by Gasteiger charge is 2.29. The number of carbonyl (C=O) groups is 2. The average Bonchev–Trinajstić information content (AvgIpc) is 2.87. The first kappa shape index (κ1) is 27.5. The number of halogens is 2. The Labute approximate surface area is 219 Å².